The maximum atomic E-state index is 5.46. The highest BCUT2D eigenvalue weighted by Gasteiger charge is 2.03. The largest absolute Gasteiger partial charge is 0.325 e. The zero-order valence-corrected chi connectivity index (χ0v) is 11.1. The van der Waals surface area contributed by atoms with Gasteiger partial charge in [-0.05, 0) is 19.1 Å². The van der Waals surface area contributed by atoms with Gasteiger partial charge in [0.15, 0.2) is 0 Å². The average molecular weight is 258 g/mol. The Balaban J connectivity index is 2.05. The normalized spacial score (nSPS) is 11.4. The summed E-state index contributed by atoms with van der Waals surface area (Å²) in [4.78, 5) is 4.40. The van der Waals surface area contributed by atoms with E-state index in [-0.39, 0.29) is 0 Å². The lowest BCUT2D eigenvalue weighted by Crippen LogP contribution is -2.36. The van der Waals surface area contributed by atoms with Crippen molar-refractivity contribution in [2.75, 3.05) is 5.32 Å². The van der Waals surface area contributed by atoms with Gasteiger partial charge in [-0.3, -0.25) is 10.1 Å². The predicted octanol–water partition coefficient (Wildman–Crippen LogP) is 1.16. The maximum Gasteiger partial charge on any atom is 0.210 e. The molecule has 19 heavy (non-hydrogen) atoms. The van der Waals surface area contributed by atoms with Crippen molar-refractivity contribution in [1.29, 1.82) is 0 Å². The van der Waals surface area contributed by atoms with Crippen molar-refractivity contribution in [3.8, 4) is 0 Å². The minimum Gasteiger partial charge on any atom is -0.325 e. The number of hydrogen-bond donors (Lipinski definition) is 3. The topological polar surface area (TPSA) is 80.3 Å². The van der Waals surface area contributed by atoms with E-state index < -0.39 is 0 Å². The van der Waals surface area contributed by atoms with Gasteiger partial charge in [0, 0.05) is 24.5 Å². The Labute approximate surface area is 112 Å². The number of guanidine groups is 1. The first-order chi connectivity index (χ1) is 9.19. The van der Waals surface area contributed by atoms with E-state index in [4.69, 9.17) is 5.84 Å². The molecule has 2 rings (SSSR count). The van der Waals surface area contributed by atoms with Crippen LogP contribution < -0.4 is 16.6 Å². The van der Waals surface area contributed by atoms with Gasteiger partial charge in [-0.1, -0.05) is 18.2 Å². The summed E-state index contributed by atoms with van der Waals surface area (Å²) < 4.78 is 1.78. The molecule has 0 amide bonds. The number of anilines is 1. The zero-order chi connectivity index (χ0) is 13.7. The number of para-hydroxylation sites is 1. The third-order valence-electron chi connectivity index (χ3n) is 2.70. The predicted molar refractivity (Wildman–Crippen MR) is 76.5 cm³/mol. The molecule has 100 valence electrons. The van der Waals surface area contributed by atoms with Crippen LogP contribution in [0.1, 0.15) is 11.3 Å². The van der Waals surface area contributed by atoms with Crippen LogP contribution >= 0.6 is 0 Å². The molecule has 0 radical (unpaired) electrons. The summed E-state index contributed by atoms with van der Waals surface area (Å²) in [5.74, 6) is 5.99. The molecule has 0 aliphatic heterocycles. The van der Waals surface area contributed by atoms with Crippen molar-refractivity contribution < 1.29 is 0 Å². The quantitative estimate of drug-likeness (QED) is 0.334. The van der Waals surface area contributed by atoms with E-state index in [1.807, 2.05) is 50.5 Å². The van der Waals surface area contributed by atoms with Crippen LogP contribution in [0.15, 0.2) is 41.5 Å². The molecule has 1 heterocycles. The molecular formula is C13H18N6. The summed E-state index contributed by atoms with van der Waals surface area (Å²) in [6.45, 7) is 2.49. The molecule has 4 N–H and O–H groups in total. The molecule has 0 unspecified atom stereocenters. The third-order valence-corrected chi connectivity index (χ3v) is 2.70. The number of hydrazine groups is 1. The van der Waals surface area contributed by atoms with Crippen LogP contribution in [0.5, 0.6) is 0 Å². The number of benzene rings is 1. The Bertz CT molecular complexity index is 558. The van der Waals surface area contributed by atoms with E-state index >= 15 is 0 Å². The average Bonchev–Trinajstić information content (AvgIpc) is 2.74. The Morgan fingerprint density at radius 3 is 2.68 bits per heavy atom. The van der Waals surface area contributed by atoms with E-state index in [2.05, 4.69) is 20.8 Å². The highest BCUT2D eigenvalue weighted by Crippen LogP contribution is 2.07. The summed E-state index contributed by atoms with van der Waals surface area (Å²) >= 11 is 0. The molecule has 0 fully saturated rings. The smallest absolute Gasteiger partial charge is 0.210 e. The van der Waals surface area contributed by atoms with Crippen LogP contribution in [0.25, 0.3) is 0 Å². The molecule has 2 aromatic rings. The Morgan fingerprint density at radius 2 is 2.11 bits per heavy atom. The first kappa shape index (κ1) is 13.1. The minimum atomic E-state index is 0.523. The highest BCUT2D eigenvalue weighted by molar-refractivity contribution is 5.93. The molecule has 1 aromatic carbocycles. The highest BCUT2D eigenvalue weighted by atomic mass is 15.3. The van der Waals surface area contributed by atoms with Gasteiger partial charge in [-0.2, -0.15) is 5.10 Å². The van der Waals surface area contributed by atoms with E-state index in [1.54, 1.807) is 4.68 Å². The summed E-state index contributed by atoms with van der Waals surface area (Å²) in [6, 6.07) is 9.74. The third kappa shape index (κ3) is 3.56. The van der Waals surface area contributed by atoms with Gasteiger partial charge in [0.05, 0.1) is 12.2 Å². The van der Waals surface area contributed by atoms with Gasteiger partial charge in [-0.15, -0.1) is 0 Å². The first-order valence-corrected chi connectivity index (χ1v) is 6.01. The fourth-order valence-electron chi connectivity index (χ4n) is 1.75. The van der Waals surface area contributed by atoms with Crippen molar-refractivity contribution in [1.82, 2.24) is 15.2 Å². The summed E-state index contributed by atoms with van der Waals surface area (Å²) in [7, 11) is 1.89. The lowest BCUT2D eigenvalue weighted by molar-refractivity contribution is 0.756. The SMILES string of the molecule is Cc1nn(C)cc1CN=C(NN)Nc1ccccc1. The minimum absolute atomic E-state index is 0.523. The standard InChI is InChI=1S/C13H18N6/c1-10-11(9-19(2)18-10)8-15-13(17-14)16-12-6-4-3-5-7-12/h3-7,9H,8,14H2,1-2H3,(H2,15,16,17). The molecule has 0 saturated heterocycles. The number of nitrogens with zero attached hydrogens (tertiary/aromatic N) is 3. The number of rotatable bonds is 3. The molecule has 0 bridgehead atoms. The van der Waals surface area contributed by atoms with Crippen molar-refractivity contribution in [2.24, 2.45) is 17.9 Å². The van der Waals surface area contributed by atoms with Crippen LogP contribution in [0.4, 0.5) is 5.69 Å². The monoisotopic (exact) mass is 258 g/mol. The van der Waals surface area contributed by atoms with E-state index in [0.29, 0.717) is 12.5 Å². The zero-order valence-electron chi connectivity index (χ0n) is 11.1. The van der Waals surface area contributed by atoms with Crippen LogP contribution in [0, 0.1) is 6.92 Å². The molecule has 0 spiro atoms. The van der Waals surface area contributed by atoms with Gasteiger partial charge in [0.25, 0.3) is 0 Å². The fraction of sp³-hybridized carbons (Fsp3) is 0.231. The number of aryl methyl sites for hydroxylation is 2. The lowest BCUT2D eigenvalue weighted by Gasteiger charge is -2.08. The molecule has 6 nitrogen and oxygen atoms in total. The summed E-state index contributed by atoms with van der Waals surface area (Å²) in [5, 5.41) is 7.39. The molecule has 0 saturated carbocycles. The van der Waals surface area contributed by atoms with E-state index in [0.717, 1.165) is 16.9 Å². The van der Waals surface area contributed by atoms with Crippen LogP contribution in [-0.2, 0) is 13.6 Å². The van der Waals surface area contributed by atoms with Gasteiger partial charge < -0.3 is 5.32 Å². The Hall–Kier alpha value is -2.34. The van der Waals surface area contributed by atoms with Gasteiger partial charge in [0.2, 0.25) is 5.96 Å². The van der Waals surface area contributed by atoms with Crippen LogP contribution in [0.2, 0.25) is 0 Å². The molecule has 1 aromatic heterocycles. The maximum absolute atomic E-state index is 5.46. The molecule has 6 heteroatoms. The van der Waals surface area contributed by atoms with E-state index in [1.165, 1.54) is 0 Å². The number of hydrogen-bond acceptors (Lipinski definition) is 3. The van der Waals surface area contributed by atoms with Crippen molar-refractivity contribution >= 4 is 11.6 Å². The Morgan fingerprint density at radius 1 is 1.37 bits per heavy atom. The Kier molecular flexibility index (Phi) is 4.15. The number of aromatic nitrogens is 2. The second-order valence-corrected chi connectivity index (χ2v) is 4.21. The molecule has 0 aliphatic rings. The van der Waals surface area contributed by atoms with Gasteiger partial charge in [0.1, 0.15) is 0 Å². The number of nitrogens with one attached hydrogen (secondary N) is 2. The first-order valence-electron chi connectivity index (χ1n) is 6.01. The lowest BCUT2D eigenvalue weighted by atomic mass is 10.3. The van der Waals surface area contributed by atoms with Gasteiger partial charge >= 0.3 is 0 Å². The summed E-state index contributed by atoms with van der Waals surface area (Å²) in [5.41, 5.74) is 5.54. The molecular weight excluding hydrogens is 240 g/mol. The van der Waals surface area contributed by atoms with Crippen molar-refractivity contribution in [2.45, 2.75) is 13.5 Å². The van der Waals surface area contributed by atoms with Crippen LogP contribution in [-0.4, -0.2) is 15.7 Å². The number of nitrogens with two attached hydrogens (primary N) is 1. The van der Waals surface area contributed by atoms with Crippen molar-refractivity contribution in [3.63, 3.8) is 0 Å². The van der Waals surface area contributed by atoms with Crippen molar-refractivity contribution in [3.05, 3.63) is 47.8 Å². The van der Waals surface area contributed by atoms with Crippen LogP contribution in [0.3, 0.4) is 0 Å². The second-order valence-electron chi connectivity index (χ2n) is 4.21. The fourth-order valence-corrected chi connectivity index (χ4v) is 1.75. The molecule has 0 aliphatic carbocycles. The van der Waals surface area contributed by atoms with E-state index in [9.17, 15) is 0 Å². The summed E-state index contributed by atoms with van der Waals surface area (Å²) in [6.07, 6.45) is 1.95. The van der Waals surface area contributed by atoms with Gasteiger partial charge in [-0.25, -0.2) is 10.8 Å². The number of aliphatic imine (C=N–C) groups is 1. The second kappa shape index (κ2) is 6.01. The molecule has 0 atom stereocenters.